The molecule has 100 valence electrons. The highest BCUT2D eigenvalue weighted by atomic mass is 32.2. The van der Waals surface area contributed by atoms with E-state index in [-0.39, 0.29) is 18.6 Å². The zero-order valence-corrected chi connectivity index (χ0v) is 11.2. The highest BCUT2D eigenvalue weighted by Gasteiger charge is 2.41. The fraction of sp³-hybridized carbons (Fsp3) is 1.00. The Morgan fingerprint density at radius 1 is 1.41 bits per heavy atom. The van der Waals surface area contributed by atoms with Crippen molar-refractivity contribution in [1.82, 2.24) is 13.9 Å². The van der Waals surface area contributed by atoms with Crippen molar-refractivity contribution in [3.8, 4) is 0 Å². The lowest BCUT2D eigenvalue weighted by Crippen LogP contribution is -2.47. The minimum Gasteiger partial charge on any atom is -0.392 e. The summed E-state index contributed by atoms with van der Waals surface area (Å²) in [4.78, 5) is 1.95. The zero-order valence-electron chi connectivity index (χ0n) is 10.3. The van der Waals surface area contributed by atoms with Crippen molar-refractivity contribution in [2.24, 2.45) is 0 Å². The summed E-state index contributed by atoms with van der Waals surface area (Å²) in [7, 11) is 0.385. The quantitative estimate of drug-likeness (QED) is 0.666. The van der Waals surface area contributed by atoms with Crippen LogP contribution in [0.3, 0.4) is 0 Å². The first-order valence-corrected chi connectivity index (χ1v) is 7.44. The average Bonchev–Trinajstić information content (AvgIpc) is 2.88. The van der Waals surface area contributed by atoms with Gasteiger partial charge in [-0.25, -0.2) is 0 Å². The molecule has 0 aromatic carbocycles. The smallest absolute Gasteiger partial charge is 0.280 e. The number of likely N-dealkylation sites (N-methyl/N-ethyl adjacent to an activating group) is 1. The van der Waals surface area contributed by atoms with Crippen molar-refractivity contribution in [2.75, 3.05) is 27.2 Å². The number of aliphatic hydroxyl groups excluding tert-OH is 1. The highest BCUT2D eigenvalue weighted by molar-refractivity contribution is 7.87. The molecule has 0 bridgehead atoms. The molecule has 2 aliphatic rings. The van der Waals surface area contributed by atoms with Gasteiger partial charge < -0.3 is 10.0 Å². The predicted molar refractivity (Wildman–Crippen MR) is 64.7 cm³/mol. The monoisotopic (exact) mass is 263 g/mol. The Balaban J connectivity index is 2.05. The van der Waals surface area contributed by atoms with Gasteiger partial charge in [0.15, 0.2) is 0 Å². The van der Waals surface area contributed by atoms with Gasteiger partial charge in [-0.05, 0) is 33.4 Å². The minimum atomic E-state index is -3.43. The summed E-state index contributed by atoms with van der Waals surface area (Å²) in [6.45, 7) is 0.850. The van der Waals surface area contributed by atoms with Crippen LogP contribution in [0.4, 0.5) is 0 Å². The van der Waals surface area contributed by atoms with E-state index in [4.69, 9.17) is 0 Å². The molecule has 0 radical (unpaired) electrons. The van der Waals surface area contributed by atoms with E-state index in [9.17, 15) is 13.5 Å². The van der Waals surface area contributed by atoms with E-state index in [0.717, 1.165) is 12.8 Å². The molecule has 1 heterocycles. The van der Waals surface area contributed by atoms with Crippen LogP contribution in [-0.4, -0.2) is 68.1 Å². The van der Waals surface area contributed by atoms with Gasteiger partial charge in [0, 0.05) is 25.2 Å². The van der Waals surface area contributed by atoms with Gasteiger partial charge in [0.05, 0.1) is 6.10 Å². The Hall–Kier alpha value is -0.210. The van der Waals surface area contributed by atoms with Crippen LogP contribution in [0, 0.1) is 0 Å². The molecule has 2 N–H and O–H groups in total. The molecule has 1 saturated heterocycles. The minimum absolute atomic E-state index is 0.109. The zero-order chi connectivity index (χ0) is 12.6. The highest BCUT2D eigenvalue weighted by Crippen LogP contribution is 2.25. The van der Waals surface area contributed by atoms with E-state index in [2.05, 4.69) is 4.72 Å². The molecule has 2 atom stereocenters. The first-order chi connectivity index (χ1) is 7.88. The van der Waals surface area contributed by atoms with E-state index >= 15 is 0 Å². The third-order valence-corrected chi connectivity index (χ3v) is 4.82. The largest absolute Gasteiger partial charge is 0.392 e. The lowest BCUT2D eigenvalue weighted by molar-refractivity contribution is 0.188. The molecule has 7 heteroatoms. The van der Waals surface area contributed by atoms with Crippen LogP contribution in [0.1, 0.15) is 19.3 Å². The molecular formula is C10H21N3O3S. The summed E-state index contributed by atoms with van der Waals surface area (Å²) < 4.78 is 28.3. The number of nitrogens with one attached hydrogen (secondary N) is 1. The van der Waals surface area contributed by atoms with Crippen LogP contribution in [-0.2, 0) is 10.2 Å². The second kappa shape index (κ2) is 4.81. The van der Waals surface area contributed by atoms with Crippen LogP contribution in [0.2, 0.25) is 0 Å². The third-order valence-electron chi connectivity index (χ3n) is 3.12. The molecule has 1 aliphatic carbocycles. The molecule has 2 fully saturated rings. The Bertz CT molecular complexity index is 367. The SMILES string of the molecule is CN(C)CC1CC(O)CN1S(=O)(=O)NC1CC1. The van der Waals surface area contributed by atoms with Gasteiger partial charge in [0.25, 0.3) is 10.2 Å². The standard InChI is InChI=1S/C10H21N3O3S/c1-12(2)6-9-5-10(14)7-13(9)17(15,16)11-8-3-4-8/h8-11,14H,3-7H2,1-2H3. The predicted octanol–water partition coefficient (Wildman–Crippen LogP) is -1.02. The molecular weight excluding hydrogens is 242 g/mol. The van der Waals surface area contributed by atoms with E-state index in [1.165, 1.54) is 4.31 Å². The topological polar surface area (TPSA) is 72.9 Å². The van der Waals surface area contributed by atoms with E-state index in [1.54, 1.807) is 0 Å². The maximum Gasteiger partial charge on any atom is 0.280 e. The summed E-state index contributed by atoms with van der Waals surface area (Å²) >= 11 is 0. The van der Waals surface area contributed by atoms with Gasteiger partial charge in [-0.15, -0.1) is 0 Å². The molecule has 0 aromatic rings. The van der Waals surface area contributed by atoms with Crippen molar-refractivity contribution in [2.45, 2.75) is 37.5 Å². The second-order valence-electron chi connectivity index (χ2n) is 5.27. The lowest BCUT2D eigenvalue weighted by atomic mass is 10.2. The third kappa shape index (κ3) is 3.38. The van der Waals surface area contributed by atoms with Crippen molar-refractivity contribution >= 4 is 10.2 Å². The van der Waals surface area contributed by atoms with Gasteiger partial charge in [0.1, 0.15) is 0 Å². The van der Waals surface area contributed by atoms with Crippen LogP contribution < -0.4 is 4.72 Å². The van der Waals surface area contributed by atoms with Crippen molar-refractivity contribution in [1.29, 1.82) is 0 Å². The molecule has 1 saturated carbocycles. The first kappa shape index (κ1) is 13.2. The number of hydrogen-bond donors (Lipinski definition) is 2. The second-order valence-corrected chi connectivity index (χ2v) is 6.93. The Labute approximate surface area is 103 Å². The van der Waals surface area contributed by atoms with Gasteiger partial charge >= 0.3 is 0 Å². The van der Waals surface area contributed by atoms with E-state index in [1.807, 2.05) is 19.0 Å². The number of nitrogens with zero attached hydrogens (tertiary/aromatic N) is 2. The van der Waals surface area contributed by atoms with Gasteiger partial charge in [-0.2, -0.15) is 17.4 Å². The fourth-order valence-electron chi connectivity index (χ4n) is 2.22. The summed E-state index contributed by atoms with van der Waals surface area (Å²) in [6.07, 6.45) is 1.82. The van der Waals surface area contributed by atoms with Crippen LogP contribution >= 0.6 is 0 Å². The maximum absolute atomic E-state index is 12.1. The molecule has 6 nitrogen and oxygen atoms in total. The van der Waals surface area contributed by atoms with Crippen molar-refractivity contribution < 1.29 is 13.5 Å². The van der Waals surface area contributed by atoms with Gasteiger partial charge in [0.2, 0.25) is 0 Å². The maximum atomic E-state index is 12.1. The van der Waals surface area contributed by atoms with Gasteiger partial charge in [-0.1, -0.05) is 0 Å². The normalized spacial score (nSPS) is 31.3. The fourth-order valence-corrected chi connectivity index (χ4v) is 3.93. The van der Waals surface area contributed by atoms with E-state index in [0.29, 0.717) is 13.0 Å². The lowest BCUT2D eigenvalue weighted by Gasteiger charge is -2.26. The van der Waals surface area contributed by atoms with Crippen molar-refractivity contribution in [3.05, 3.63) is 0 Å². The molecule has 0 aromatic heterocycles. The molecule has 1 aliphatic heterocycles. The summed E-state index contributed by atoms with van der Waals surface area (Å²) in [5.41, 5.74) is 0. The summed E-state index contributed by atoms with van der Waals surface area (Å²) in [5, 5.41) is 9.64. The first-order valence-electron chi connectivity index (χ1n) is 6.00. The molecule has 17 heavy (non-hydrogen) atoms. The van der Waals surface area contributed by atoms with Crippen LogP contribution in [0.25, 0.3) is 0 Å². The van der Waals surface area contributed by atoms with Crippen molar-refractivity contribution in [3.63, 3.8) is 0 Å². The Morgan fingerprint density at radius 3 is 2.59 bits per heavy atom. The number of β-amino-alcohol motifs (C(OH)–C–C–N with tert-alkyl or cyclic N) is 1. The Morgan fingerprint density at radius 2 is 2.06 bits per heavy atom. The summed E-state index contributed by atoms with van der Waals surface area (Å²) in [6, 6.07) is -0.0194. The molecule has 0 amide bonds. The molecule has 2 rings (SSSR count). The number of aliphatic hydroxyl groups is 1. The number of rotatable bonds is 5. The number of hydrogen-bond acceptors (Lipinski definition) is 4. The van der Waals surface area contributed by atoms with Crippen LogP contribution in [0.15, 0.2) is 0 Å². The van der Waals surface area contributed by atoms with E-state index < -0.39 is 16.3 Å². The molecule has 0 spiro atoms. The average molecular weight is 263 g/mol. The van der Waals surface area contributed by atoms with Crippen LogP contribution in [0.5, 0.6) is 0 Å². The molecule has 2 unspecified atom stereocenters. The van der Waals surface area contributed by atoms with Gasteiger partial charge in [-0.3, -0.25) is 0 Å². The Kier molecular flexibility index (Phi) is 3.74. The summed E-state index contributed by atoms with van der Waals surface area (Å²) in [5.74, 6) is 0.